The van der Waals surface area contributed by atoms with Crippen LogP contribution in [0.15, 0.2) is 0 Å². The van der Waals surface area contributed by atoms with Gasteiger partial charge in [0.2, 0.25) is 0 Å². The van der Waals surface area contributed by atoms with Crippen LogP contribution in [0.1, 0.15) is 7.13 Å². The molecule has 0 aromatic rings. The largest absolute Gasteiger partial charge is 2.00 e. The van der Waals surface area contributed by atoms with Gasteiger partial charge in [0.25, 0.3) is 0 Å². The molecule has 0 radical (unpaired) electrons. The van der Waals surface area contributed by atoms with E-state index in [9.17, 15) is 0 Å². The molecule has 0 spiro atoms. The number of hydrogen-bond donors (Lipinski definition) is 0. The summed E-state index contributed by atoms with van der Waals surface area (Å²) in [6, 6.07) is 0. The molecule has 4 heavy (non-hydrogen) atoms. The van der Waals surface area contributed by atoms with Gasteiger partial charge in [-0.2, -0.15) is 0 Å². The summed E-state index contributed by atoms with van der Waals surface area (Å²) in [5.41, 5.74) is 0. The van der Waals surface area contributed by atoms with Crippen molar-refractivity contribution in [2.75, 3.05) is 0 Å². The van der Waals surface area contributed by atoms with E-state index in [0.717, 1.165) is 0 Å². The Balaban J connectivity index is 0. The third kappa shape index (κ3) is 9.66. The van der Waals surface area contributed by atoms with Gasteiger partial charge in [0.05, 0.1) is 0 Å². The summed E-state index contributed by atoms with van der Waals surface area (Å²) in [4.78, 5) is 0. The molecule has 0 aliphatic rings. The molecular formula is H5CaNaSrW. The first-order valence-corrected chi connectivity index (χ1v) is 0. The van der Waals surface area contributed by atoms with Gasteiger partial charge in [-0.1, -0.05) is 0 Å². The quantitative estimate of drug-likeness (QED) is 0.408. The molecule has 4 heteroatoms. The second kappa shape index (κ2) is 15.7. The van der Waals surface area contributed by atoms with Crippen molar-refractivity contribution in [3.63, 3.8) is 0 Å². The molecule has 0 aliphatic heterocycles. The third-order valence-electron chi connectivity index (χ3n) is 0. The zero-order chi connectivity index (χ0) is 0. The SMILES string of the molecule is [Ca+2].[H-].[H-].[H-].[H-].[H-].[Na+].[Sr+2].[W]. The Kier molecular flexibility index (Phi) is 92.8. The summed E-state index contributed by atoms with van der Waals surface area (Å²) in [6.07, 6.45) is 0. The van der Waals surface area contributed by atoms with Gasteiger partial charge in [-0.3, -0.25) is 0 Å². The molecule has 0 saturated carbocycles. The van der Waals surface area contributed by atoms with Gasteiger partial charge < -0.3 is 7.13 Å². The van der Waals surface area contributed by atoms with Crippen molar-refractivity contribution >= 4 is 83.2 Å². The zero-order valence-corrected chi connectivity index (χ0v) is 13.4. The van der Waals surface area contributed by atoms with E-state index in [1.807, 2.05) is 0 Å². The standard InChI is InChI=1S/Ca.Na.Sr.W.5H/q+2;+1;+2;;5*-1. The Morgan fingerprint density at radius 3 is 1.25 bits per heavy atom. The minimum absolute atomic E-state index is 0. The van der Waals surface area contributed by atoms with Gasteiger partial charge >= 0.3 is 113 Å². The van der Waals surface area contributed by atoms with Crippen LogP contribution in [-0.4, -0.2) is 83.2 Å². The van der Waals surface area contributed by atoms with E-state index in [2.05, 4.69) is 0 Å². The Morgan fingerprint density at radius 1 is 1.25 bits per heavy atom. The van der Waals surface area contributed by atoms with Gasteiger partial charge in [0.1, 0.15) is 0 Å². The molecule has 0 aromatic heterocycles. The van der Waals surface area contributed by atoms with Crippen LogP contribution in [0.5, 0.6) is 0 Å². The fourth-order valence-electron chi connectivity index (χ4n) is 0. The first-order valence-electron chi connectivity index (χ1n) is 0. The molecule has 0 aliphatic carbocycles. The Hall–Kier alpha value is 4.43. The summed E-state index contributed by atoms with van der Waals surface area (Å²) in [5.74, 6) is 0. The summed E-state index contributed by atoms with van der Waals surface area (Å²) in [5, 5.41) is 0. The van der Waals surface area contributed by atoms with Crippen LogP contribution in [-0.2, 0) is 21.1 Å². The van der Waals surface area contributed by atoms with Crippen molar-refractivity contribution in [3.8, 4) is 0 Å². The van der Waals surface area contributed by atoms with Crippen LogP contribution in [0.3, 0.4) is 0 Å². The average Bonchev–Trinajstić information content (AvgIpc) is 0. The minimum Gasteiger partial charge on any atom is -1.00 e. The fraction of sp³-hybridized carbons (Fsp3) is 0. The maximum absolute atomic E-state index is 0. The maximum Gasteiger partial charge on any atom is 2.00 e. The monoisotopic (exact) mass is 340 g/mol. The van der Waals surface area contributed by atoms with E-state index in [0.29, 0.717) is 0 Å². The molecule has 0 unspecified atom stereocenters. The van der Waals surface area contributed by atoms with E-state index in [1.54, 1.807) is 0 Å². The Bertz CT molecular complexity index is 16.9. The van der Waals surface area contributed by atoms with Crippen LogP contribution in [0.2, 0.25) is 0 Å². The first-order chi connectivity index (χ1) is 0. The molecule has 0 nitrogen and oxygen atoms in total. The Morgan fingerprint density at radius 2 is 1.25 bits per heavy atom. The van der Waals surface area contributed by atoms with E-state index in [-0.39, 0.29) is 141 Å². The van der Waals surface area contributed by atoms with E-state index in [4.69, 9.17) is 0 Å². The predicted octanol–water partition coefficient (Wildman–Crippen LogP) is -3.20. The van der Waals surface area contributed by atoms with Crippen LogP contribution in [0, 0.1) is 0 Å². The summed E-state index contributed by atoms with van der Waals surface area (Å²) >= 11 is 0. The minimum atomic E-state index is 0. The second-order valence-corrected chi connectivity index (χ2v) is 0. The predicted molar refractivity (Wildman–Crippen MR) is 17.1 cm³/mol. The molecule has 0 atom stereocenters. The van der Waals surface area contributed by atoms with Crippen molar-refractivity contribution in [1.29, 1.82) is 0 Å². The summed E-state index contributed by atoms with van der Waals surface area (Å²) < 4.78 is 0. The smallest absolute Gasteiger partial charge is 1.00 e. The van der Waals surface area contributed by atoms with Crippen LogP contribution >= 0.6 is 0 Å². The van der Waals surface area contributed by atoms with Crippen molar-refractivity contribution < 1.29 is 57.8 Å². The van der Waals surface area contributed by atoms with Crippen LogP contribution in [0.25, 0.3) is 0 Å². The molecule has 0 fully saturated rings. The van der Waals surface area contributed by atoms with Gasteiger partial charge in [-0.15, -0.1) is 0 Å². The van der Waals surface area contributed by atoms with E-state index < -0.39 is 0 Å². The molecule has 0 bridgehead atoms. The molecule has 0 saturated heterocycles. The molecule has 16 valence electrons. The van der Waals surface area contributed by atoms with Gasteiger partial charge in [0.15, 0.2) is 0 Å². The van der Waals surface area contributed by atoms with Crippen molar-refractivity contribution in [2.45, 2.75) is 0 Å². The van der Waals surface area contributed by atoms with Crippen LogP contribution in [0.4, 0.5) is 0 Å². The van der Waals surface area contributed by atoms with Crippen molar-refractivity contribution in [1.82, 2.24) is 0 Å². The summed E-state index contributed by atoms with van der Waals surface area (Å²) in [6.45, 7) is 0. The molecule has 0 aromatic carbocycles. The van der Waals surface area contributed by atoms with Gasteiger partial charge in [0, 0.05) is 21.1 Å². The van der Waals surface area contributed by atoms with Gasteiger partial charge in [-0.25, -0.2) is 0 Å². The Labute approximate surface area is 137 Å². The van der Waals surface area contributed by atoms with Crippen molar-refractivity contribution in [2.24, 2.45) is 0 Å². The normalized spacial score (nSPS) is 0. The molecular weight excluding hydrogens is 335 g/mol. The molecule has 0 N–H and O–H groups in total. The maximum atomic E-state index is 0. The fourth-order valence-corrected chi connectivity index (χ4v) is 0. The van der Waals surface area contributed by atoms with Crippen molar-refractivity contribution in [3.05, 3.63) is 0 Å². The van der Waals surface area contributed by atoms with Gasteiger partial charge in [-0.05, 0) is 0 Å². The van der Waals surface area contributed by atoms with Crippen LogP contribution < -0.4 is 29.6 Å². The molecule has 0 rings (SSSR count). The summed E-state index contributed by atoms with van der Waals surface area (Å²) in [7, 11) is 0. The van der Waals surface area contributed by atoms with E-state index in [1.165, 1.54) is 0 Å². The first kappa shape index (κ1) is 23.7. The number of rotatable bonds is 0. The third-order valence-corrected chi connectivity index (χ3v) is 0. The topological polar surface area (TPSA) is 0 Å². The second-order valence-electron chi connectivity index (χ2n) is 0. The zero-order valence-electron chi connectivity index (χ0n) is 7.82. The number of hydrogen-bond acceptors (Lipinski definition) is 0. The molecule has 0 amide bonds. The molecule has 0 heterocycles. The van der Waals surface area contributed by atoms with E-state index >= 15 is 0 Å². The average molecular weight is 340 g/mol.